The summed E-state index contributed by atoms with van der Waals surface area (Å²) in [6.07, 6.45) is 3.82. The van der Waals surface area contributed by atoms with Crippen LogP contribution in [-0.2, 0) is 6.42 Å². The van der Waals surface area contributed by atoms with Crippen molar-refractivity contribution in [2.45, 2.75) is 19.8 Å². The summed E-state index contributed by atoms with van der Waals surface area (Å²) in [5.41, 5.74) is 2.49. The lowest BCUT2D eigenvalue weighted by molar-refractivity contribution is 0.299. The topological polar surface area (TPSA) is 29.5 Å². The summed E-state index contributed by atoms with van der Waals surface area (Å²) in [4.78, 5) is 0. The van der Waals surface area contributed by atoms with Crippen molar-refractivity contribution in [1.29, 1.82) is 0 Å². The fourth-order valence-electron chi connectivity index (χ4n) is 1.33. The Morgan fingerprint density at radius 3 is 2.53 bits per heavy atom. The van der Waals surface area contributed by atoms with Gasteiger partial charge in [-0.1, -0.05) is 23.8 Å². The van der Waals surface area contributed by atoms with Crippen LogP contribution in [0.1, 0.15) is 18.9 Å². The van der Waals surface area contributed by atoms with Crippen molar-refractivity contribution >= 4 is 0 Å². The minimum absolute atomic E-state index is 0.227. The number of aliphatic hydroxyl groups is 1. The molecule has 0 aromatic heterocycles. The highest BCUT2D eigenvalue weighted by Gasteiger charge is 1.93. The van der Waals surface area contributed by atoms with E-state index in [9.17, 15) is 0 Å². The van der Waals surface area contributed by atoms with Crippen LogP contribution in [0.3, 0.4) is 0 Å². The SMILES string of the molecule is COc1ccc(CC=C(C)CCO)cc1. The average molecular weight is 206 g/mol. The molecule has 0 heterocycles. The largest absolute Gasteiger partial charge is 0.497 e. The van der Waals surface area contributed by atoms with Crippen LogP contribution in [-0.4, -0.2) is 18.8 Å². The molecule has 0 aliphatic rings. The summed E-state index contributed by atoms with van der Waals surface area (Å²) in [6, 6.07) is 8.04. The van der Waals surface area contributed by atoms with Gasteiger partial charge in [0.25, 0.3) is 0 Å². The highest BCUT2D eigenvalue weighted by molar-refractivity contribution is 5.28. The first-order chi connectivity index (χ1) is 7.26. The molecule has 0 atom stereocenters. The Bertz CT molecular complexity index is 312. The summed E-state index contributed by atoms with van der Waals surface area (Å²) in [6.45, 7) is 2.27. The molecule has 2 nitrogen and oxygen atoms in total. The first-order valence-electron chi connectivity index (χ1n) is 5.15. The molecule has 0 amide bonds. The van der Waals surface area contributed by atoms with E-state index in [0.29, 0.717) is 0 Å². The van der Waals surface area contributed by atoms with Gasteiger partial charge in [-0.25, -0.2) is 0 Å². The lowest BCUT2D eigenvalue weighted by Gasteiger charge is -2.02. The fourth-order valence-corrected chi connectivity index (χ4v) is 1.33. The summed E-state index contributed by atoms with van der Waals surface area (Å²) in [5, 5.41) is 8.74. The molecule has 0 unspecified atom stereocenters. The zero-order valence-corrected chi connectivity index (χ0v) is 9.36. The second kappa shape index (κ2) is 6.25. The molecule has 2 heteroatoms. The van der Waals surface area contributed by atoms with E-state index in [-0.39, 0.29) is 6.61 Å². The molecule has 0 saturated heterocycles. The van der Waals surface area contributed by atoms with E-state index >= 15 is 0 Å². The molecule has 0 saturated carbocycles. The third-order valence-electron chi connectivity index (χ3n) is 2.35. The summed E-state index contributed by atoms with van der Waals surface area (Å²) in [7, 11) is 1.67. The van der Waals surface area contributed by atoms with Gasteiger partial charge < -0.3 is 9.84 Å². The van der Waals surface area contributed by atoms with E-state index in [1.165, 1.54) is 11.1 Å². The summed E-state index contributed by atoms with van der Waals surface area (Å²) in [5.74, 6) is 0.884. The van der Waals surface area contributed by atoms with Crippen LogP contribution in [0.25, 0.3) is 0 Å². The highest BCUT2D eigenvalue weighted by atomic mass is 16.5. The van der Waals surface area contributed by atoms with Gasteiger partial charge in [0.15, 0.2) is 0 Å². The maximum atomic E-state index is 8.74. The van der Waals surface area contributed by atoms with Crippen LogP contribution in [0.2, 0.25) is 0 Å². The second-order valence-corrected chi connectivity index (χ2v) is 3.58. The number of hydrogen-bond acceptors (Lipinski definition) is 2. The van der Waals surface area contributed by atoms with Gasteiger partial charge in [-0.05, 0) is 37.5 Å². The molecule has 0 spiro atoms. The van der Waals surface area contributed by atoms with Crippen LogP contribution in [0, 0.1) is 0 Å². The Kier molecular flexibility index (Phi) is 4.91. The lowest BCUT2D eigenvalue weighted by Crippen LogP contribution is -1.87. The highest BCUT2D eigenvalue weighted by Crippen LogP contribution is 2.12. The minimum Gasteiger partial charge on any atom is -0.497 e. The van der Waals surface area contributed by atoms with Gasteiger partial charge in [0.2, 0.25) is 0 Å². The standard InChI is InChI=1S/C13H18O2/c1-11(9-10-14)3-4-12-5-7-13(15-2)8-6-12/h3,5-8,14H,4,9-10H2,1-2H3. The van der Waals surface area contributed by atoms with Gasteiger partial charge >= 0.3 is 0 Å². The number of aliphatic hydroxyl groups excluding tert-OH is 1. The average Bonchev–Trinajstić information content (AvgIpc) is 2.27. The van der Waals surface area contributed by atoms with E-state index in [4.69, 9.17) is 9.84 Å². The summed E-state index contributed by atoms with van der Waals surface area (Å²) < 4.78 is 5.08. The number of ether oxygens (including phenoxy) is 1. The molecule has 0 bridgehead atoms. The normalized spacial score (nSPS) is 11.5. The van der Waals surface area contributed by atoms with E-state index in [1.807, 2.05) is 19.1 Å². The predicted molar refractivity (Wildman–Crippen MR) is 62.2 cm³/mol. The molecule has 1 aromatic rings. The Balaban J connectivity index is 2.54. The molecular weight excluding hydrogens is 188 g/mol. The molecule has 1 aromatic carbocycles. The predicted octanol–water partition coefficient (Wildman–Crippen LogP) is 2.57. The Morgan fingerprint density at radius 2 is 2.00 bits per heavy atom. The zero-order chi connectivity index (χ0) is 11.1. The molecule has 0 fully saturated rings. The van der Waals surface area contributed by atoms with Gasteiger partial charge in [0.05, 0.1) is 7.11 Å². The quantitative estimate of drug-likeness (QED) is 0.750. The van der Waals surface area contributed by atoms with Crippen molar-refractivity contribution in [3.05, 3.63) is 41.5 Å². The van der Waals surface area contributed by atoms with Gasteiger partial charge in [0.1, 0.15) is 5.75 Å². The monoisotopic (exact) mass is 206 g/mol. The molecule has 0 aliphatic heterocycles. The Hall–Kier alpha value is -1.28. The van der Waals surface area contributed by atoms with Crippen molar-refractivity contribution < 1.29 is 9.84 Å². The van der Waals surface area contributed by atoms with E-state index in [2.05, 4.69) is 18.2 Å². The molecule has 82 valence electrons. The molecule has 1 N–H and O–H groups in total. The molecular formula is C13H18O2. The number of hydrogen-bond donors (Lipinski definition) is 1. The van der Waals surface area contributed by atoms with E-state index in [1.54, 1.807) is 7.11 Å². The third kappa shape index (κ3) is 4.17. The number of benzene rings is 1. The van der Waals surface area contributed by atoms with Crippen LogP contribution >= 0.6 is 0 Å². The van der Waals surface area contributed by atoms with Crippen molar-refractivity contribution in [2.24, 2.45) is 0 Å². The molecule has 1 rings (SSSR count). The number of methoxy groups -OCH3 is 1. The van der Waals surface area contributed by atoms with Crippen LogP contribution in [0.5, 0.6) is 5.75 Å². The van der Waals surface area contributed by atoms with Gasteiger partial charge in [0, 0.05) is 6.61 Å². The summed E-state index contributed by atoms with van der Waals surface area (Å²) >= 11 is 0. The van der Waals surface area contributed by atoms with Crippen LogP contribution in [0.4, 0.5) is 0 Å². The van der Waals surface area contributed by atoms with Crippen LogP contribution in [0.15, 0.2) is 35.9 Å². The Labute approximate surface area is 91.2 Å². The molecule has 15 heavy (non-hydrogen) atoms. The maximum absolute atomic E-state index is 8.74. The van der Waals surface area contributed by atoms with Crippen molar-refractivity contribution in [2.75, 3.05) is 13.7 Å². The van der Waals surface area contributed by atoms with Crippen molar-refractivity contribution in [1.82, 2.24) is 0 Å². The van der Waals surface area contributed by atoms with Gasteiger partial charge in [-0.2, -0.15) is 0 Å². The number of rotatable bonds is 5. The van der Waals surface area contributed by atoms with Crippen LogP contribution < -0.4 is 4.74 Å². The number of allylic oxidation sites excluding steroid dienone is 1. The maximum Gasteiger partial charge on any atom is 0.118 e. The van der Waals surface area contributed by atoms with Crippen molar-refractivity contribution in [3.63, 3.8) is 0 Å². The first-order valence-corrected chi connectivity index (χ1v) is 5.15. The molecule has 0 radical (unpaired) electrons. The Morgan fingerprint density at radius 1 is 1.33 bits per heavy atom. The lowest BCUT2D eigenvalue weighted by atomic mass is 10.1. The fraction of sp³-hybridized carbons (Fsp3) is 0.385. The van der Waals surface area contributed by atoms with Gasteiger partial charge in [-0.15, -0.1) is 0 Å². The third-order valence-corrected chi connectivity index (χ3v) is 2.35. The molecule has 0 aliphatic carbocycles. The first kappa shape index (κ1) is 11.8. The zero-order valence-electron chi connectivity index (χ0n) is 9.36. The van der Waals surface area contributed by atoms with Crippen molar-refractivity contribution in [3.8, 4) is 5.75 Å². The second-order valence-electron chi connectivity index (χ2n) is 3.58. The smallest absolute Gasteiger partial charge is 0.118 e. The van der Waals surface area contributed by atoms with E-state index in [0.717, 1.165) is 18.6 Å². The van der Waals surface area contributed by atoms with Gasteiger partial charge in [-0.3, -0.25) is 0 Å². The minimum atomic E-state index is 0.227. The van der Waals surface area contributed by atoms with E-state index < -0.39 is 0 Å².